The van der Waals surface area contributed by atoms with Crippen LogP contribution in [0.3, 0.4) is 0 Å². The number of nitrogens with zero attached hydrogens (tertiary/aromatic N) is 1. The second-order valence-corrected chi connectivity index (χ2v) is 4.47. The Balaban J connectivity index is 2.84. The van der Waals surface area contributed by atoms with Crippen LogP contribution in [0.2, 0.25) is 0 Å². The van der Waals surface area contributed by atoms with Crippen LogP contribution in [0.5, 0.6) is 0 Å². The summed E-state index contributed by atoms with van der Waals surface area (Å²) in [6.07, 6.45) is 0. The summed E-state index contributed by atoms with van der Waals surface area (Å²) in [4.78, 5) is 21.3. The standard InChI is InChI=1S/C10H11IN2O4/c1-6(10(14)17-2)12-7-3-4-9(13(15)16)8(11)5-7/h3-6,12H,1-2H3. The normalized spacial score (nSPS) is 11.7. The molecule has 0 saturated heterocycles. The van der Waals surface area contributed by atoms with Gasteiger partial charge in [-0.3, -0.25) is 10.1 Å². The second-order valence-electron chi connectivity index (χ2n) is 3.31. The molecule has 6 nitrogen and oxygen atoms in total. The van der Waals surface area contributed by atoms with E-state index in [9.17, 15) is 14.9 Å². The number of nitro benzene ring substituents is 1. The molecule has 1 rings (SSSR count). The fourth-order valence-electron chi connectivity index (χ4n) is 1.23. The van der Waals surface area contributed by atoms with E-state index in [-0.39, 0.29) is 5.69 Å². The fourth-order valence-corrected chi connectivity index (χ4v) is 1.94. The van der Waals surface area contributed by atoms with Crippen LogP contribution in [0.15, 0.2) is 18.2 Å². The number of carbonyl (C=O) groups excluding carboxylic acids is 1. The topological polar surface area (TPSA) is 81.5 Å². The average molecular weight is 350 g/mol. The number of hydrogen-bond donors (Lipinski definition) is 1. The molecule has 0 fully saturated rings. The number of nitrogens with one attached hydrogen (secondary N) is 1. The number of benzene rings is 1. The largest absolute Gasteiger partial charge is 0.467 e. The highest BCUT2D eigenvalue weighted by atomic mass is 127. The van der Waals surface area contributed by atoms with Crippen LogP contribution in [-0.4, -0.2) is 24.0 Å². The third-order valence-corrected chi connectivity index (χ3v) is 2.95. The zero-order valence-electron chi connectivity index (χ0n) is 9.27. The van der Waals surface area contributed by atoms with E-state index in [1.807, 2.05) is 22.6 Å². The summed E-state index contributed by atoms with van der Waals surface area (Å²) in [7, 11) is 1.31. The second kappa shape index (κ2) is 5.80. The summed E-state index contributed by atoms with van der Waals surface area (Å²) >= 11 is 1.88. The molecule has 0 heterocycles. The molecule has 1 unspecified atom stereocenters. The predicted octanol–water partition coefficient (Wildman–Crippen LogP) is 2.17. The van der Waals surface area contributed by atoms with Gasteiger partial charge in [0.05, 0.1) is 15.6 Å². The molecule has 1 atom stereocenters. The van der Waals surface area contributed by atoms with Gasteiger partial charge in [0.1, 0.15) is 6.04 Å². The zero-order valence-corrected chi connectivity index (χ0v) is 11.4. The van der Waals surface area contributed by atoms with Gasteiger partial charge in [-0.15, -0.1) is 0 Å². The van der Waals surface area contributed by atoms with Gasteiger partial charge < -0.3 is 10.1 Å². The smallest absolute Gasteiger partial charge is 0.327 e. The number of halogens is 1. The van der Waals surface area contributed by atoms with Gasteiger partial charge >= 0.3 is 5.97 Å². The quantitative estimate of drug-likeness (QED) is 0.390. The number of esters is 1. The van der Waals surface area contributed by atoms with Gasteiger partial charge in [-0.2, -0.15) is 0 Å². The Morgan fingerprint density at radius 2 is 2.24 bits per heavy atom. The van der Waals surface area contributed by atoms with Crippen LogP contribution in [-0.2, 0) is 9.53 Å². The average Bonchev–Trinajstić information content (AvgIpc) is 2.27. The van der Waals surface area contributed by atoms with E-state index in [4.69, 9.17) is 0 Å². The molecule has 0 aliphatic carbocycles. The Morgan fingerprint density at radius 1 is 1.59 bits per heavy atom. The highest BCUT2D eigenvalue weighted by Crippen LogP contribution is 2.24. The predicted molar refractivity (Wildman–Crippen MR) is 70.9 cm³/mol. The summed E-state index contributed by atoms with van der Waals surface area (Å²) < 4.78 is 5.07. The summed E-state index contributed by atoms with van der Waals surface area (Å²) in [6.45, 7) is 1.65. The van der Waals surface area contributed by atoms with Crippen molar-refractivity contribution in [1.29, 1.82) is 0 Å². The number of carbonyl (C=O) groups is 1. The van der Waals surface area contributed by atoms with Crippen molar-refractivity contribution in [1.82, 2.24) is 0 Å². The molecule has 1 aromatic rings. The lowest BCUT2D eigenvalue weighted by Gasteiger charge is -2.12. The van der Waals surface area contributed by atoms with E-state index in [2.05, 4.69) is 10.1 Å². The van der Waals surface area contributed by atoms with Crippen molar-refractivity contribution in [2.24, 2.45) is 0 Å². The van der Waals surface area contributed by atoms with E-state index in [1.54, 1.807) is 19.1 Å². The maximum atomic E-state index is 11.2. The number of hydrogen-bond acceptors (Lipinski definition) is 5. The van der Waals surface area contributed by atoms with Crippen LogP contribution < -0.4 is 5.32 Å². The van der Waals surface area contributed by atoms with Gasteiger partial charge in [-0.25, -0.2) is 4.79 Å². The van der Waals surface area contributed by atoms with E-state index < -0.39 is 16.9 Å². The molecule has 7 heteroatoms. The third kappa shape index (κ3) is 3.55. The summed E-state index contributed by atoms with van der Waals surface area (Å²) in [6, 6.07) is 4.06. The van der Waals surface area contributed by atoms with Gasteiger partial charge in [0.25, 0.3) is 5.69 Å². The Labute approximate surface area is 112 Å². The molecule has 0 aromatic heterocycles. The summed E-state index contributed by atoms with van der Waals surface area (Å²) in [5.41, 5.74) is 0.680. The van der Waals surface area contributed by atoms with E-state index in [0.29, 0.717) is 9.26 Å². The molecule has 0 aliphatic heterocycles. The maximum absolute atomic E-state index is 11.2. The maximum Gasteiger partial charge on any atom is 0.327 e. The number of anilines is 1. The van der Waals surface area contributed by atoms with Crippen molar-refractivity contribution in [2.45, 2.75) is 13.0 Å². The summed E-state index contributed by atoms with van der Waals surface area (Å²) in [5, 5.41) is 13.5. The molecule has 0 radical (unpaired) electrons. The van der Waals surface area contributed by atoms with E-state index in [0.717, 1.165) is 0 Å². The molecule has 1 N–H and O–H groups in total. The van der Waals surface area contributed by atoms with Crippen molar-refractivity contribution in [2.75, 3.05) is 12.4 Å². The fraction of sp³-hybridized carbons (Fsp3) is 0.300. The van der Waals surface area contributed by atoms with Gasteiger partial charge in [0.2, 0.25) is 0 Å². The van der Waals surface area contributed by atoms with Crippen LogP contribution >= 0.6 is 22.6 Å². The molecule has 92 valence electrons. The molecule has 0 spiro atoms. The first-order valence-corrected chi connectivity index (χ1v) is 5.82. The number of nitro groups is 1. The Morgan fingerprint density at radius 3 is 2.71 bits per heavy atom. The molecule has 0 bridgehead atoms. The number of methoxy groups -OCH3 is 1. The SMILES string of the molecule is COC(=O)C(C)Nc1ccc([N+](=O)[O-])c(I)c1. The van der Waals surface area contributed by atoms with Crippen molar-refractivity contribution in [3.8, 4) is 0 Å². The van der Waals surface area contributed by atoms with Crippen LogP contribution in [0.25, 0.3) is 0 Å². The van der Waals surface area contributed by atoms with Gasteiger partial charge in [-0.05, 0) is 41.6 Å². The molecule has 0 amide bonds. The minimum Gasteiger partial charge on any atom is -0.467 e. The first-order chi connectivity index (χ1) is 7.95. The molecular weight excluding hydrogens is 339 g/mol. The van der Waals surface area contributed by atoms with Crippen LogP contribution in [0.1, 0.15) is 6.92 Å². The lowest BCUT2D eigenvalue weighted by molar-refractivity contribution is -0.385. The zero-order chi connectivity index (χ0) is 13.0. The van der Waals surface area contributed by atoms with Crippen LogP contribution in [0.4, 0.5) is 11.4 Å². The minimum absolute atomic E-state index is 0.0434. The van der Waals surface area contributed by atoms with Crippen LogP contribution in [0, 0.1) is 13.7 Å². The van der Waals surface area contributed by atoms with Gasteiger partial charge in [0.15, 0.2) is 0 Å². The lowest BCUT2D eigenvalue weighted by atomic mass is 10.2. The van der Waals surface area contributed by atoms with Crippen molar-refractivity contribution >= 4 is 39.9 Å². The van der Waals surface area contributed by atoms with E-state index >= 15 is 0 Å². The van der Waals surface area contributed by atoms with Crippen molar-refractivity contribution < 1.29 is 14.5 Å². The van der Waals surface area contributed by atoms with E-state index in [1.165, 1.54) is 13.2 Å². The van der Waals surface area contributed by atoms with Gasteiger partial charge in [0, 0.05) is 11.8 Å². The van der Waals surface area contributed by atoms with Crippen molar-refractivity contribution in [3.05, 3.63) is 31.9 Å². The molecule has 1 aromatic carbocycles. The third-order valence-electron chi connectivity index (χ3n) is 2.08. The van der Waals surface area contributed by atoms with Gasteiger partial charge in [-0.1, -0.05) is 0 Å². The molecular formula is C10H11IN2O4. The molecule has 17 heavy (non-hydrogen) atoms. The monoisotopic (exact) mass is 350 g/mol. The highest BCUT2D eigenvalue weighted by molar-refractivity contribution is 14.1. The first kappa shape index (κ1) is 13.7. The Hall–Kier alpha value is -1.38. The molecule has 0 aliphatic rings. The molecule has 0 saturated carbocycles. The minimum atomic E-state index is -0.503. The summed E-state index contributed by atoms with van der Waals surface area (Å²) in [5.74, 6) is -0.390. The Bertz CT molecular complexity index is 450. The highest BCUT2D eigenvalue weighted by Gasteiger charge is 2.15. The first-order valence-electron chi connectivity index (χ1n) is 4.74. The van der Waals surface area contributed by atoms with Crippen molar-refractivity contribution in [3.63, 3.8) is 0 Å². The Kier molecular flexibility index (Phi) is 4.67. The number of rotatable bonds is 4. The lowest BCUT2D eigenvalue weighted by Crippen LogP contribution is -2.27. The number of ether oxygens (including phenoxy) is 1.